The number of piperidine rings is 1. The number of hydrogen-bond acceptors (Lipinski definition) is 5. The number of rotatable bonds is 6. The quantitative estimate of drug-likeness (QED) is 0.714. The number of hydrogen-bond donors (Lipinski definition) is 2. The van der Waals surface area contributed by atoms with E-state index in [0.29, 0.717) is 24.0 Å². The van der Waals surface area contributed by atoms with E-state index in [9.17, 15) is 9.59 Å². The van der Waals surface area contributed by atoms with E-state index in [1.54, 1.807) is 6.07 Å². The van der Waals surface area contributed by atoms with Gasteiger partial charge in [-0.15, -0.1) is 0 Å². The first kappa shape index (κ1) is 20.2. The smallest absolute Gasteiger partial charge is 0.309 e. The van der Waals surface area contributed by atoms with Crippen molar-refractivity contribution in [3.05, 3.63) is 59.7 Å². The van der Waals surface area contributed by atoms with Crippen LogP contribution in [0.3, 0.4) is 0 Å². The van der Waals surface area contributed by atoms with E-state index in [1.807, 2.05) is 18.2 Å². The molecule has 0 aromatic heterocycles. The highest BCUT2D eigenvalue weighted by molar-refractivity contribution is 6.35. The van der Waals surface area contributed by atoms with E-state index in [1.165, 1.54) is 5.56 Å². The average molecular weight is 409 g/mol. The molecule has 158 valence electrons. The van der Waals surface area contributed by atoms with Crippen LogP contribution in [-0.2, 0) is 22.7 Å². The Balaban J connectivity index is 1.14. The number of ether oxygens (including phenoxy) is 2. The van der Waals surface area contributed by atoms with Gasteiger partial charge in [0, 0.05) is 19.6 Å². The second-order valence-electron chi connectivity index (χ2n) is 7.79. The number of carbonyl (C=O) groups excluding carboxylic acids is 2. The first-order chi connectivity index (χ1) is 14.7. The van der Waals surface area contributed by atoms with Gasteiger partial charge >= 0.3 is 11.8 Å². The molecular weight excluding hydrogens is 382 g/mol. The van der Waals surface area contributed by atoms with Gasteiger partial charge in [0.2, 0.25) is 6.79 Å². The van der Waals surface area contributed by atoms with Crippen LogP contribution in [0.4, 0.5) is 0 Å². The second-order valence-corrected chi connectivity index (χ2v) is 7.79. The highest BCUT2D eigenvalue weighted by atomic mass is 16.7. The van der Waals surface area contributed by atoms with Crippen molar-refractivity contribution < 1.29 is 19.1 Å². The molecule has 2 aliphatic heterocycles. The van der Waals surface area contributed by atoms with E-state index in [-0.39, 0.29) is 13.3 Å². The third-order valence-electron chi connectivity index (χ3n) is 5.60. The van der Waals surface area contributed by atoms with Gasteiger partial charge in [-0.25, -0.2) is 0 Å². The molecular formula is C23H27N3O4. The standard InChI is InChI=1S/C23H27N3O4/c27-22(23(28)25-14-19-6-7-20-21(12-19)30-16-29-20)24-13-17-8-10-26(11-9-17)15-18-4-2-1-3-5-18/h1-7,12,17H,8-11,13-16H2,(H,24,27)(H,25,28). The molecule has 1 fully saturated rings. The summed E-state index contributed by atoms with van der Waals surface area (Å²) in [5.41, 5.74) is 2.18. The van der Waals surface area contributed by atoms with Crippen molar-refractivity contribution in [1.82, 2.24) is 15.5 Å². The molecule has 0 atom stereocenters. The molecule has 2 amide bonds. The van der Waals surface area contributed by atoms with Crippen LogP contribution in [0.15, 0.2) is 48.5 Å². The lowest BCUT2D eigenvalue weighted by atomic mass is 9.96. The van der Waals surface area contributed by atoms with Crippen molar-refractivity contribution in [3.8, 4) is 11.5 Å². The Kier molecular flexibility index (Phi) is 6.49. The Hall–Kier alpha value is -3.06. The molecule has 0 radical (unpaired) electrons. The molecule has 0 unspecified atom stereocenters. The zero-order valence-corrected chi connectivity index (χ0v) is 16.9. The zero-order chi connectivity index (χ0) is 20.8. The van der Waals surface area contributed by atoms with Gasteiger partial charge in [-0.05, 0) is 55.1 Å². The molecule has 2 aromatic carbocycles. The number of amides is 2. The third-order valence-corrected chi connectivity index (χ3v) is 5.60. The van der Waals surface area contributed by atoms with Gasteiger partial charge in [0.15, 0.2) is 11.5 Å². The van der Waals surface area contributed by atoms with Crippen LogP contribution in [-0.4, -0.2) is 43.1 Å². The number of carbonyl (C=O) groups is 2. The summed E-state index contributed by atoms with van der Waals surface area (Å²) in [6.45, 7) is 3.98. The summed E-state index contributed by atoms with van der Waals surface area (Å²) in [5, 5.41) is 5.44. The zero-order valence-electron chi connectivity index (χ0n) is 16.9. The van der Waals surface area contributed by atoms with Crippen molar-refractivity contribution in [2.75, 3.05) is 26.4 Å². The van der Waals surface area contributed by atoms with Gasteiger partial charge in [-0.1, -0.05) is 36.4 Å². The molecule has 7 heteroatoms. The van der Waals surface area contributed by atoms with E-state index in [4.69, 9.17) is 9.47 Å². The van der Waals surface area contributed by atoms with Gasteiger partial charge in [0.1, 0.15) is 0 Å². The minimum Gasteiger partial charge on any atom is -0.454 e. The molecule has 0 saturated carbocycles. The van der Waals surface area contributed by atoms with Crippen LogP contribution < -0.4 is 20.1 Å². The maximum Gasteiger partial charge on any atom is 0.309 e. The van der Waals surface area contributed by atoms with Gasteiger partial charge in [0.05, 0.1) is 0 Å². The SMILES string of the molecule is O=C(NCc1ccc2c(c1)OCO2)C(=O)NCC1CCN(Cc2ccccc2)CC1. The number of likely N-dealkylation sites (tertiary alicyclic amines) is 1. The van der Waals surface area contributed by atoms with Crippen LogP contribution in [0, 0.1) is 5.92 Å². The maximum atomic E-state index is 12.1. The van der Waals surface area contributed by atoms with Crippen molar-refractivity contribution >= 4 is 11.8 Å². The van der Waals surface area contributed by atoms with Crippen LogP contribution in [0.1, 0.15) is 24.0 Å². The lowest BCUT2D eigenvalue weighted by Gasteiger charge is -2.32. The summed E-state index contributed by atoms with van der Waals surface area (Å²) in [7, 11) is 0. The molecule has 2 aromatic rings. The lowest BCUT2D eigenvalue weighted by Crippen LogP contribution is -2.43. The Morgan fingerprint density at radius 2 is 1.63 bits per heavy atom. The van der Waals surface area contributed by atoms with Crippen LogP contribution in [0.2, 0.25) is 0 Å². The Morgan fingerprint density at radius 3 is 2.43 bits per heavy atom. The van der Waals surface area contributed by atoms with E-state index < -0.39 is 11.8 Å². The largest absolute Gasteiger partial charge is 0.454 e. The predicted octanol–water partition coefficient (Wildman–Crippen LogP) is 2.06. The Morgan fingerprint density at radius 1 is 0.900 bits per heavy atom. The van der Waals surface area contributed by atoms with Crippen LogP contribution in [0.5, 0.6) is 11.5 Å². The molecule has 0 bridgehead atoms. The fourth-order valence-corrected chi connectivity index (χ4v) is 3.82. The summed E-state index contributed by atoms with van der Waals surface area (Å²) in [4.78, 5) is 26.6. The molecule has 2 aliphatic rings. The fraction of sp³-hybridized carbons (Fsp3) is 0.391. The van der Waals surface area contributed by atoms with Crippen molar-refractivity contribution in [1.29, 1.82) is 0 Å². The van der Waals surface area contributed by atoms with E-state index >= 15 is 0 Å². The molecule has 2 N–H and O–H groups in total. The highest BCUT2D eigenvalue weighted by Crippen LogP contribution is 2.32. The Bertz CT molecular complexity index is 879. The molecule has 0 aliphatic carbocycles. The Labute approximate surface area is 176 Å². The van der Waals surface area contributed by atoms with Crippen molar-refractivity contribution in [2.45, 2.75) is 25.9 Å². The topological polar surface area (TPSA) is 79.9 Å². The summed E-state index contributed by atoms with van der Waals surface area (Å²) in [5.74, 6) is 0.557. The summed E-state index contributed by atoms with van der Waals surface area (Å²) in [6, 6.07) is 15.9. The summed E-state index contributed by atoms with van der Waals surface area (Å²) < 4.78 is 10.6. The number of nitrogens with one attached hydrogen (secondary N) is 2. The van der Waals surface area contributed by atoms with Gasteiger partial charge < -0.3 is 20.1 Å². The first-order valence-electron chi connectivity index (χ1n) is 10.4. The van der Waals surface area contributed by atoms with Crippen molar-refractivity contribution in [2.24, 2.45) is 5.92 Å². The number of nitrogens with zero attached hydrogens (tertiary/aromatic N) is 1. The molecule has 30 heavy (non-hydrogen) atoms. The number of fused-ring (bicyclic) bond motifs is 1. The molecule has 0 spiro atoms. The molecule has 1 saturated heterocycles. The van der Waals surface area contributed by atoms with Gasteiger partial charge in [-0.3, -0.25) is 14.5 Å². The minimum atomic E-state index is -0.616. The molecule has 2 heterocycles. The predicted molar refractivity (Wildman–Crippen MR) is 112 cm³/mol. The monoisotopic (exact) mass is 409 g/mol. The van der Waals surface area contributed by atoms with Crippen LogP contribution >= 0.6 is 0 Å². The lowest BCUT2D eigenvalue weighted by molar-refractivity contribution is -0.139. The fourth-order valence-electron chi connectivity index (χ4n) is 3.82. The van der Waals surface area contributed by atoms with Crippen molar-refractivity contribution in [3.63, 3.8) is 0 Å². The summed E-state index contributed by atoms with van der Waals surface area (Å²) in [6.07, 6.45) is 2.04. The number of benzene rings is 2. The normalized spacial score (nSPS) is 16.3. The second kappa shape index (κ2) is 9.63. The first-order valence-corrected chi connectivity index (χ1v) is 10.4. The van der Waals surface area contributed by atoms with E-state index in [2.05, 4.69) is 39.8 Å². The van der Waals surface area contributed by atoms with Crippen LogP contribution in [0.25, 0.3) is 0 Å². The van der Waals surface area contributed by atoms with Gasteiger partial charge in [-0.2, -0.15) is 0 Å². The minimum absolute atomic E-state index is 0.207. The summed E-state index contributed by atoms with van der Waals surface area (Å²) >= 11 is 0. The highest BCUT2D eigenvalue weighted by Gasteiger charge is 2.21. The molecule has 7 nitrogen and oxygen atoms in total. The van der Waals surface area contributed by atoms with E-state index in [0.717, 1.165) is 38.0 Å². The van der Waals surface area contributed by atoms with Gasteiger partial charge in [0.25, 0.3) is 0 Å². The maximum absolute atomic E-state index is 12.1. The third kappa shape index (κ3) is 5.30. The molecule has 4 rings (SSSR count). The average Bonchev–Trinajstić information content (AvgIpc) is 3.25.